The number of ether oxygens (including phenoxy) is 2. The van der Waals surface area contributed by atoms with Gasteiger partial charge in [0.1, 0.15) is 0 Å². The van der Waals surface area contributed by atoms with Crippen molar-refractivity contribution in [3.63, 3.8) is 0 Å². The van der Waals surface area contributed by atoms with E-state index in [9.17, 15) is 14.9 Å². The van der Waals surface area contributed by atoms with Gasteiger partial charge in [-0.05, 0) is 30.5 Å². The number of thioether (sulfide) groups is 1. The molecule has 138 valence electrons. The summed E-state index contributed by atoms with van der Waals surface area (Å²) in [6.45, 7) is 0.151. The molecule has 0 radical (unpaired) electrons. The van der Waals surface area contributed by atoms with E-state index >= 15 is 0 Å². The van der Waals surface area contributed by atoms with Gasteiger partial charge in [-0.3, -0.25) is 9.59 Å². The van der Waals surface area contributed by atoms with Gasteiger partial charge in [-0.15, -0.1) is 0 Å². The maximum atomic E-state index is 12.7. The summed E-state index contributed by atoms with van der Waals surface area (Å²) in [5, 5.41) is 13.6. The zero-order valence-electron chi connectivity index (χ0n) is 14.4. The molecule has 2 heterocycles. The van der Waals surface area contributed by atoms with Crippen molar-refractivity contribution < 1.29 is 19.1 Å². The fourth-order valence-electron chi connectivity index (χ4n) is 3.61. The van der Waals surface area contributed by atoms with Gasteiger partial charge in [0.15, 0.2) is 17.3 Å². The maximum absolute atomic E-state index is 12.7. The Morgan fingerprint density at radius 2 is 2.15 bits per heavy atom. The van der Waals surface area contributed by atoms with Crippen molar-refractivity contribution in [3.05, 3.63) is 45.6 Å². The Balaban J connectivity index is 1.83. The van der Waals surface area contributed by atoms with Gasteiger partial charge in [-0.25, -0.2) is 0 Å². The van der Waals surface area contributed by atoms with Crippen LogP contribution in [-0.4, -0.2) is 24.2 Å². The minimum atomic E-state index is -0.496. The van der Waals surface area contributed by atoms with E-state index < -0.39 is 11.8 Å². The number of carbonyl (C=O) groups is 2. The molecule has 27 heavy (non-hydrogen) atoms. The van der Waals surface area contributed by atoms with Gasteiger partial charge in [0, 0.05) is 17.7 Å². The molecule has 1 aromatic carbocycles. The summed E-state index contributed by atoms with van der Waals surface area (Å²) in [6, 6.07) is 7.69. The van der Waals surface area contributed by atoms with Crippen LogP contribution in [0.2, 0.25) is 0 Å². The number of amides is 1. The number of carbonyl (C=O) groups excluding carboxylic acids is 2. The van der Waals surface area contributed by atoms with Crippen LogP contribution < -0.4 is 20.5 Å². The maximum Gasteiger partial charge on any atom is 0.231 e. The number of Topliss-reactive ketones (excluding diaryl/α,β-unsaturated/α-hetero) is 1. The lowest BCUT2D eigenvalue weighted by atomic mass is 9.77. The van der Waals surface area contributed by atoms with E-state index in [0.29, 0.717) is 34.1 Å². The number of ketones is 1. The second-order valence-electron chi connectivity index (χ2n) is 6.45. The molecule has 0 spiro atoms. The number of rotatable bonds is 4. The topological polar surface area (TPSA) is 114 Å². The number of primary amides is 1. The second-order valence-corrected chi connectivity index (χ2v) is 7.43. The molecule has 1 amide bonds. The molecule has 2 aliphatic heterocycles. The third-order valence-electron chi connectivity index (χ3n) is 4.75. The Hall–Kier alpha value is -2.92. The van der Waals surface area contributed by atoms with Crippen LogP contribution >= 0.6 is 11.8 Å². The molecule has 4 rings (SSSR count). The predicted molar refractivity (Wildman–Crippen MR) is 98.6 cm³/mol. The first-order valence-corrected chi connectivity index (χ1v) is 9.55. The summed E-state index contributed by atoms with van der Waals surface area (Å²) >= 11 is 1.19. The number of fused-ring (bicyclic) bond motifs is 1. The Morgan fingerprint density at radius 1 is 1.33 bits per heavy atom. The summed E-state index contributed by atoms with van der Waals surface area (Å²) in [6.07, 6.45) is 1.94. The molecule has 3 aliphatic rings. The van der Waals surface area contributed by atoms with Crippen molar-refractivity contribution in [2.24, 2.45) is 5.73 Å². The molecule has 1 aromatic rings. The molecular weight excluding hydrogens is 366 g/mol. The number of dihydropyridines is 1. The molecule has 0 saturated heterocycles. The molecule has 7 nitrogen and oxygen atoms in total. The lowest BCUT2D eigenvalue weighted by Crippen LogP contribution is -2.31. The van der Waals surface area contributed by atoms with Crippen LogP contribution in [-0.2, 0) is 9.59 Å². The van der Waals surface area contributed by atoms with Crippen molar-refractivity contribution in [3.8, 4) is 17.6 Å². The van der Waals surface area contributed by atoms with Crippen LogP contribution in [0.1, 0.15) is 30.7 Å². The molecular formula is C19H17N3O4S. The number of hydrogen-bond acceptors (Lipinski definition) is 7. The third-order valence-corrected chi connectivity index (χ3v) is 5.79. The van der Waals surface area contributed by atoms with E-state index in [1.54, 1.807) is 6.07 Å². The highest BCUT2D eigenvalue weighted by molar-refractivity contribution is 8.03. The number of benzene rings is 1. The highest BCUT2D eigenvalue weighted by Crippen LogP contribution is 2.46. The molecule has 0 saturated carbocycles. The molecule has 3 N–H and O–H groups in total. The van der Waals surface area contributed by atoms with E-state index in [2.05, 4.69) is 11.4 Å². The Labute approximate surface area is 160 Å². The number of nitriles is 1. The van der Waals surface area contributed by atoms with E-state index in [4.69, 9.17) is 15.2 Å². The Morgan fingerprint density at radius 3 is 2.93 bits per heavy atom. The fourth-order valence-corrected chi connectivity index (χ4v) is 4.41. The first-order chi connectivity index (χ1) is 13.1. The Bertz CT molecular complexity index is 945. The average molecular weight is 383 g/mol. The monoisotopic (exact) mass is 383 g/mol. The van der Waals surface area contributed by atoms with Gasteiger partial charge < -0.3 is 20.5 Å². The van der Waals surface area contributed by atoms with E-state index in [1.807, 2.05) is 12.1 Å². The lowest BCUT2D eigenvalue weighted by Gasteiger charge is -2.33. The quantitative estimate of drug-likeness (QED) is 0.818. The minimum absolute atomic E-state index is 0.0399. The van der Waals surface area contributed by atoms with Crippen molar-refractivity contribution in [1.82, 2.24) is 5.32 Å². The largest absolute Gasteiger partial charge is 0.454 e. The standard InChI is InChI=1S/C19H17N3O4S/c20-7-11-17(10-4-5-14-15(6-10)26-9-25-14)18-12(2-1-3-13(18)23)22-19(11)27-8-16(21)24/h4-6,17,22H,1-3,8-9H2,(H2,21,24)/t17-/m1/s1. The third kappa shape index (κ3) is 3.15. The molecule has 0 aromatic heterocycles. The van der Waals surface area contributed by atoms with Crippen LogP contribution in [0, 0.1) is 11.3 Å². The summed E-state index contributed by atoms with van der Waals surface area (Å²) < 4.78 is 10.8. The van der Waals surface area contributed by atoms with Crippen LogP contribution in [0.15, 0.2) is 40.1 Å². The number of hydrogen-bond donors (Lipinski definition) is 2. The van der Waals surface area contributed by atoms with Gasteiger partial charge >= 0.3 is 0 Å². The highest BCUT2D eigenvalue weighted by Gasteiger charge is 2.37. The van der Waals surface area contributed by atoms with Crippen LogP contribution in [0.3, 0.4) is 0 Å². The fraction of sp³-hybridized carbons (Fsp3) is 0.316. The van der Waals surface area contributed by atoms with E-state index in [0.717, 1.165) is 24.1 Å². The molecule has 0 fully saturated rings. The molecule has 0 unspecified atom stereocenters. The van der Waals surface area contributed by atoms with E-state index in [1.165, 1.54) is 11.8 Å². The van der Waals surface area contributed by atoms with Crippen LogP contribution in [0.25, 0.3) is 0 Å². The van der Waals surface area contributed by atoms with Gasteiger partial charge in [0.05, 0.1) is 28.3 Å². The SMILES string of the molecule is N#CC1=C(SCC(N)=O)NC2=C(C(=O)CCC2)[C@@H]1c1ccc2c(c1)OCO2. The number of nitrogens with two attached hydrogens (primary N) is 1. The Kier molecular flexibility index (Phi) is 4.54. The highest BCUT2D eigenvalue weighted by atomic mass is 32.2. The van der Waals surface area contributed by atoms with Gasteiger partial charge in [-0.1, -0.05) is 17.8 Å². The average Bonchev–Trinajstić information content (AvgIpc) is 3.13. The second kappa shape index (κ2) is 7.00. The number of nitrogens with one attached hydrogen (secondary N) is 1. The zero-order chi connectivity index (χ0) is 19.0. The van der Waals surface area contributed by atoms with E-state index in [-0.39, 0.29) is 18.3 Å². The molecule has 1 atom stereocenters. The predicted octanol–water partition coefficient (Wildman–Crippen LogP) is 2.06. The molecule has 0 bridgehead atoms. The number of allylic oxidation sites excluding steroid dienone is 3. The van der Waals surface area contributed by atoms with Gasteiger partial charge in [-0.2, -0.15) is 5.26 Å². The summed E-state index contributed by atoms with van der Waals surface area (Å²) in [7, 11) is 0. The van der Waals surface area contributed by atoms with Crippen molar-refractivity contribution >= 4 is 23.5 Å². The minimum Gasteiger partial charge on any atom is -0.454 e. The van der Waals surface area contributed by atoms with Gasteiger partial charge in [0.2, 0.25) is 12.7 Å². The van der Waals surface area contributed by atoms with Crippen molar-refractivity contribution in [2.45, 2.75) is 25.2 Å². The summed E-state index contributed by atoms with van der Waals surface area (Å²) in [4.78, 5) is 23.9. The normalized spacial score (nSPS) is 20.9. The number of nitrogens with zero attached hydrogens (tertiary/aromatic N) is 1. The van der Waals surface area contributed by atoms with Crippen molar-refractivity contribution in [1.29, 1.82) is 5.26 Å². The van der Waals surface area contributed by atoms with Crippen molar-refractivity contribution in [2.75, 3.05) is 12.5 Å². The zero-order valence-corrected chi connectivity index (χ0v) is 15.2. The summed E-state index contributed by atoms with van der Waals surface area (Å²) in [5.41, 5.74) is 7.91. The first-order valence-electron chi connectivity index (χ1n) is 8.56. The summed E-state index contributed by atoms with van der Waals surface area (Å²) in [5.74, 6) is 0.369. The molecule has 1 aliphatic carbocycles. The smallest absolute Gasteiger partial charge is 0.231 e. The van der Waals surface area contributed by atoms with Crippen LogP contribution in [0.5, 0.6) is 11.5 Å². The first kappa shape index (κ1) is 17.5. The molecule has 8 heteroatoms. The lowest BCUT2D eigenvalue weighted by molar-refractivity contribution is -0.116. The van der Waals surface area contributed by atoms with Crippen LogP contribution in [0.4, 0.5) is 0 Å². The van der Waals surface area contributed by atoms with Gasteiger partial charge in [0.25, 0.3) is 0 Å².